The summed E-state index contributed by atoms with van der Waals surface area (Å²) in [5, 5.41) is 0. The maximum absolute atomic E-state index is 12.8. The van der Waals surface area contributed by atoms with Gasteiger partial charge in [-0.2, -0.15) is 13.2 Å². The minimum absolute atomic E-state index is 0.107. The first-order chi connectivity index (χ1) is 11.6. The van der Waals surface area contributed by atoms with Crippen LogP contribution in [-0.4, -0.2) is 14.0 Å². The van der Waals surface area contributed by atoms with Crippen LogP contribution in [0.2, 0.25) is 0 Å². The zero-order chi connectivity index (χ0) is 18.3. The number of hydrogen-bond acceptors (Lipinski definition) is 2. The number of nitrogens with one attached hydrogen (secondary N) is 1. The Balaban J connectivity index is 1.82. The molecule has 0 saturated heterocycles. The fourth-order valence-corrected chi connectivity index (χ4v) is 6.07. The predicted molar refractivity (Wildman–Crippen MR) is 89.5 cm³/mol. The van der Waals surface area contributed by atoms with E-state index in [2.05, 4.69) is 4.72 Å². The number of rotatable bonds is 4. The standard InChI is InChI=1S/C18H24F3NO2S/c1-2-17(11-13-4-3-5-14(10-13)12-17)22-25(23,24)16-8-6-15(7-9-16)18(19,20)21/h6-9,13-14,22H,2-5,10-12H2,1H3. The van der Waals surface area contributed by atoms with Crippen LogP contribution in [0.3, 0.4) is 0 Å². The molecule has 2 atom stereocenters. The molecule has 2 aliphatic rings. The molecule has 0 amide bonds. The predicted octanol–water partition coefficient (Wildman–Crippen LogP) is 4.73. The van der Waals surface area contributed by atoms with Crippen LogP contribution < -0.4 is 4.72 Å². The third-order valence-electron chi connectivity index (χ3n) is 5.77. The molecule has 140 valence electrons. The summed E-state index contributed by atoms with van der Waals surface area (Å²) in [6.07, 6.45) is 2.52. The first-order valence-corrected chi connectivity index (χ1v) is 10.3. The summed E-state index contributed by atoms with van der Waals surface area (Å²) >= 11 is 0. The van der Waals surface area contributed by atoms with Gasteiger partial charge in [-0.25, -0.2) is 13.1 Å². The minimum atomic E-state index is -4.47. The van der Waals surface area contributed by atoms with Crippen LogP contribution in [0.4, 0.5) is 13.2 Å². The van der Waals surface area contributed by atoms with Gasteiger partial charge < -0.3 is 0 Å². The molecule has 2 fully saturated rings. The van der Waals surface area contributed by atoms with Crippen LogP contribution in [-0.2, 0) is 16.2 Å². The molecule has 1 aromatic rings. The molecular formula is C18H24F3NO2S. The van der Waals surface area contributed by atoms with Gasteiger partial charge >= 0.3 is 6.18 Å². The molecule has 1 N–H and O–H groups in total. The maximum atomic E-state index is 12.8. The summed E-state index contributed by atoms with van der Waals surface area (Å²) < 4.78 is 66.4. The SMILES string of the molecule is CCC1(NS(=O)(=O)c2ccc(C(F)(F)F)cc2)CC2CCCC(C2)C1. The average Bonchev–Trinajstić information content (AvgIpc) is 2.53. The van der Waals surface area contributed by atoms with Crippen LogP contribution in [0, 0.1) is 11.8 Å². The van der Waals surface area contributed by atoms with Crippen molar-refractivity contribution in [1.82, 2.24) is 4.72 Å². The molecule has 2 unspecified atom stereocenters. The van der Waals surface area contributed by atoms with Gasteiger partial charge in [-0.05, 0) is 61.8 Å². The Labute approximate surface area is 147 Å². The normalized spacial score (nSPS) is 30.2. The summed E-state index contributed by atoms with van der Waals surface area (Å²) in [4.78, 5) is -0.107. The lowest BCUT2D eigenvalue weighted by Gasteiger charge is -2.47. The van der Waals surface area contributed by atoms with Crippen molar-refractivity contribution in [3.8, 4) is 0 Å². The van der Waals surface area contributed by atoms with E-state index in [1.807, 2.05) is 6.92 Å². The Morgan fingerprint density at radius 2 is 1.68 bits per heavy atom. The molecular weight excluding hydrogens is 351 g/mol. The van der Waals surface area contributed by atoms with E-state index in [1.165, 1.54) is 12.8 Å². The van der Waals surface area contributed by atoms with Gasteiger partial charge in [0.15, 0.2) is 0 Å². The fraction of sp³-hybridized carbons (Fsp3) is 0.667. The largest absolute Gasteiger partial charge is 0.416 e. The van der Waals surface area contributed by atoms with Gasteiger partial charge in [0.25, 0.3) is 0 Å². The van der Waals surface area contributed by atoms with E-state index >= 15 is 0 Å². The second kappa shape index (κ2) is 6.58. The molecule has 7 heteroatoms. The highest BCUT2D eigenvalue weighted by molar-refractivity contribution is 7.89. The summed E-state index contributed by atoms with van der Waals surface area (Å²) in [6.45, 7) is 1.98. The van der Waals surface area contributed by atoms with Crippen LogP contribution in [0.1, 0.15) is 57.4 Å². The Bertz CT molecular complexity index is 701. The third-order valence-corrected chi connectivity index (χ3v) is 7.36. The summed E-state index contributed by atoms with van der Waals surface area (Å²) in [6, 6.07) is 3.72. The molecule has 3 nitrogen and oxygen atoms in total. The van der Waals surface area contributed by atoms with Crippen molar-refractivity contribution in [2.45, 2.75) is 68.5 Å². The molecule has 0 radical (unpaired) electrons. The lowest BCUT2D eigenvalue weighted by atomic mass is 9.64. The van der Waals surface area contributed by atoms with Gasteiger partial charge in [-0.15, -0.1) is 0 Å². The van der Waals surface area contributed by atoms with E-state index in [9.17, 15) is 21.6 Å². The van der Waals surface area contributed by atoms with E-state index in [4.69, 9.17) is 0 Å². The lowest BCUT2D eigenvalue weighted by Crippen LogP contribution is -2.53. The second-order valence-electron chi connectivity index (χ2n) is 7.57. The zero-order valence-corrected chi connectivity index (χ0v) is 15.1. The van der Waals surface area contributed by atoms with Gasteiger partial charge in [0.1, 0.15) is 0 Å². The molecule has 0 heterocycles. The van der Waals surface area contributed by atoms with Crippen molar-refractivity contribution >= 4 is 10.0 Å². The smallest absolute Gasteiger partial charge is 0.207 e. The fourth-order valence-electron chi connectivity index (χ4n) is 4.57. The van der Waals surface area contributed by atoms with E-state index in [-0.39, 0.29) is 4.90 Å². The van der Waals surface area contributed by atoms with Crippen molar-refractivity contribution in [3.05, 3.63) is 29.8 Å². The van der Waals surface area contributed by atoms with Crippen LogP contribution >= 0.6 is 0 Å². The lowest BCUT2D eigenvalue weighted by molar-refractivity contribution is -0.137. The number of sulfonamides is 1. The Morgan fingerprint density at radius 1 is 1.12 bits per heavy atom. The molecule has 1 aromatic carbocycles. The third kappa shape index (κ3) is 4.03. The number of fused-ring (bicyclic) bond motifs is 2. The van der Waals surface area contributed by atoms with Crippen molar-refractivity contribution in [3.63, 3.8) is 0 Å². The van der Waals surface area contributed by atoms with Crippen LogP contribution in [0.25, 0.3) is 0 Å². The molecule has 0 spiro atoms. The molecule has 25 heavy (non-hydrogen) atoms. The summed E-state index contributed by atoms with van der Waals surface area (Å²) in [7, 11) is -3.84. The Kier molecular flexibility index (Phi) is 4.92. The van der Waals surface area contributed by atoms with Gasteiger partial charge in [-0.1, -0.05) is 26.2 Å². The number of hydrogen-bond donors (Lipinski definition) is 1. The number of benzene rings is 1. The van der Waals surface area contributed by atoms with E-state index in [1.54, 1.807) is 0 Å². The molecule has 2 saturated carbocycles. The minimum Gasteiger partial charge on any atom is -0.207 e. The van der Waals surface area contributed by atoms with Gasteiger partial charge in [0.05, 0.1) is 10.5 Å². The van der Waals surface area contributed by atoms with E-state index < -0.39 is 27.3 Å². The van der Waals surface area contributed by atoms with Crippen LogP contribution in [0.15, 0.2) is 29.2 Å². The highest BCUT2D eigenvalue weighted by Crippen LogP contribution is 2.46. The zero-order valence-electron chi connectivity index (χ0n) is 14.3. The molecule has 2 bridgehead atoms. The van der Waals surface area contributed by atoms with Crippen molar-refractivity contribution in [2.24, 2.45) is 11.8 Å². The van der Waals surface area contributed by atoms with Crippen molar-refractivity contribution < 1.29 is 21.6 Å². The van der Waals surface area contributed by atoms with Gasteiger partial charge in [0.2, 0.25) is 10.0 Å². The number of alkyl halides is 3. The highest BCUT2D eigenvalue weighted by Gasteiger charge is 2.43. The van der Waals surface area contributed by atoms with Crippen molar-refractivity contribution in [1.29, 1.82) is 0 Å². The average molecular weight is 375 g/mol. The maximum Gasteiger partial charge on any atom is 0.416 e. The second-order valence-corrected chi connectivity index (χ2v) is 9.25. The molecule has 0 aliphatic heterocycles. The quantitative estimate of drug-likeness (QED) is 0.827. The first-order valence-electron chi connectivity index (χ1n) is 8.85. The molecule has 3 rings (SSSR count). The Morgan fingerprint density at radius 3 is 2.16 bits per heavy atom. The summed E-state index contributed by atoms with van der Waals surface area (Å²) in [5.74, 6) is 1.09. The molecule has 2 aliphatic carbocycles. The monoisotopic (exact) mass is 375 g/mol. The highest BCUT2D eigenvalue weighted by atomic mass is 32.2. The molecule has 0 aromatic heterocycles. The van der Waals surface area contributed by atoms with Gasteiger partial charge in [0, 0.05) is 5.54 Å². The van der Waals surface area contributed by atoms with E-state index in [0.717, 1.165) is 49.9 Å². The van der Waals surface area contributed by atoms with Gasteiger partial charge in [-0.3, -0.25) is 0 Å². The van der Waals surface area contributed by atoms with Crippen molar-refractivity contribution in [2.75, 3.05) is 0 Å². The number of halogens is 3. The van der Waals surface area contributed by atoms with Crippen LogP contribution in [0.5, 0.6) is 0 Å². The topological polar surface area (TPSA) is 46.2 Å². The summed E-state index contributed by atoms with van der Waals surface area (Å²) in [5.41, 5.74) is -1.32. The Hall–Kier alpha value is -1.08. The van der Waals surface area contributed by atoms with E-state index in [0.29, 0.717) is 18.3 Å². The first kappa shape index (κ1) is 18.7.